The largest absolute Gasteiger partial charge is 0.354 e. The lowest BCUT2D eigenvalue weighted by Gasteiger charge is -2.08. The molecule has 0 saturated heterocycles. The molecule has 7 nitrogen and oxygen atoms in total. The van der Waals surface area contributed by atoms with Gasteiger partial charge in [-0.05, 0) is 12.5 Å². The van der Waals surface area contributed by atoms with Crippen LogP contribution in [0.3, 0.4) is 0 Å². The smallest absolute Gasteiger partial charge is 0.273 e. The number of amides is 1. The van der Waals surface area contributed by atoms with Gasteiger partial charge >= 0.3 is 0 Å². The summed E-state index contributed by atoms with van der Waals surface area (Å²) in [4.78, 5) is 21.1. The molecule has 0 saturated carbocycles. The molecule has 0 aliphatic carbocycles. The van der Waals surface area contributed by atoms with E-state index in [1.807, 2.05) is 6.92 Å². The van der Waals surface area contributed by atoms with Gasteiger partial charge in [-0.15, -0.1) is 0 Å². The van der Waals surface area contributed by atoms with Gasteiger partial charge < -0.3 is 10.2 Å². The molecule has 0 unspecified atom stereocenters. The number of carbonyl (C=O) groups excluding carboxylic acids is 1. The van der Waals surface area contributed by atoms with Crippen LogP contribution in [0.25, 0.3) is 5.82 Å². The first-order chi connectivity index (χ1) is 10.0. The van der Waals surface area contributed by atoms with E-state index in [0.29, 0.717) is 12.5 Å². The van der Waals surface area contributed by atoms with E-state index < -0.39 is 5.82 Å². The summed E-state index contributed by atoms with van der Waals surface area (Å²) in [5.74, 6) is -0.540. The molecule has 0 aromatic carbocycles. The fourth-order valence-electron chi connectivity index (χ4n) is 1.63. The number of carbonyl (C=O) groups is 1. The number of nitrogens with one attached hydrogen (secondary N) is 1. The Morgan fingerprint density at radius 1 is 1.48 bits per heavy atom. The molecule has 1 N–H and O–H groups in total. The molecule has 2 heterocycles. The van der Waals surface area contributed by atoms with E-state index in [1.54, 1.807) is 14.1 Å². The molecule has 0 radical (unpaired) electrons. The van der Waals surface area contributed by atoms with Crippen LogP contribution in [-0.2, 0) is 0 Å². The van der Waals surface area contributed by atoms with Crippen LogP contribution < -0.4 is 5.32 Å². The zero-order chi connectivity index (χ0) is 15.4. The minimum absolute atomic E-state index is 0.00130. The predicted molar refractivity (Wildman–Crippen MR) is 75.9 cm³/mol. The van der Waals surface area contributed by atoms with E-state index in [4.69, 9.17) is 0 Å². The molecule has 0 bridgehead atoms. The summed E-state index contributed by atoms with van der Waals surface area (Å²) in [6, 6.07) is 1.52. The summed E-state index contributed by atoms with van der Waals surface area (Å²) in [7, 11) is 3.25. The maximum absolute atomic E-state index is 13.8. The van der Waals surface area contributed by atoms with Crippen LogP contribution >= 0.6 is 0 Å². The Morgan fingerprint density at radius 2 is 2.24 bits per heavy atom. The van der Waals surface area contributed by atoms with E-state index in [9.17, 15) is 9.18 Å². The Kier molecular flexibility index (Phi) is 4.46. The van der Waals surface area contributed by atoms with Gasteiger partial charge in [-0.25, -0.2) is 14.1 Å². The quantitative estimate of drug-likeness (QED) is 0.899. The second-order valence-corrected chi connectivity index (χ2v) is 4.64. The van der Waals surface area contributed by atoms with E-state index in [0.717, 1.165) is 12.6 Å². The van der Waals surface area contributed by atoms with Gasteiger partial charge in [0.25, 0.3) is 5.91 Å². The lowest BCUT2D eigenvalue weighted by atomic mass is 10.4. The SMILES string of the molecule is CCCNc1ncc(F)c(-n2ccc(C(=O)N(C)C)n2)n1. The van der Waals surface area contributed by atoms with Crippen molar-refractivity contribution in [2.45, 2.75) is 13.3 Å². The van der Waals surface area contributed by atoms with Gasteiger partial charge in [0.05, 0.1) is 6.20 Å². The zero-order valence-corrected chi connectivity index (χ0v) is 12.2. The van der Waals surface area contributed by atoms with Crippen molar-refractivity contribution in [1.29, 1.82) is 0 Å². The maximum Gasteiger partial charge on any atom is 0.273 e. The Morgan fingerprint density at radius 3 is 2.90 bits per heavy atom. The van der Waals surface area contributed by atoms with Gasteiger partial charge in [0.15, 0.2) is 17.3 Å². The standard InChI is InChI=1S/C13H17FN6O/c1-4-6-15-13-16-8-9(14)11(17-13)20-7-5-10(18-20)12(21)19(2)3/h5,7-8H,4,6H2,1-3H3,(H,15,16,17). The van der Waals surface area contributed by atoms with Crippen LogP contribution in [0.5, 0.6) is 0 Å². The first kappa shape index (κ1) is 14.9. The number of aromatic nitrogens is 4. The molecule has 0 aliphatic heterocycles. The number of hydrogen-bond acceptors (Lipinski definition) is 5. The number of nitrogens with zero attached hydrogens (tertiary/aromatic N) is 5. The van der Waals surface area contributed by atoms with Gasteiger partial charge in [0.1, 0.15) is 0 Å². The predicted octanol–water partition coefficient (Wildman–Crippen LogP) is 1.33. The summed E-state index contributed by atoms with van der Waals surface area (Å²) < 4.78 is 15.1. The average Bonchev–Trinajstić information content (AvgIpc) is 2.95. The van der Waals surface area contributed by atoms with Crippen LogP contribution in [0, 0.1) is 5.82 Å². The second kappa shape index (κ2) is 6.29. The molecule has 21 heavy (non-hydrogen) atoms. The van der Waals surface area contributed by atoms with Crippen LogP contribution in [0.1, 0.15) is 23.8 Å². The van der Waals surface area contributed by atoms with E-state index in [2.05, 4.69) is 20.4 Å². The first-order valence-corrected chi connectivity index (χ1v) is 6.57. The zero-order valence-electron chi connectivity index (χ0n) is 12.2. The van der Waals surface area contributed by atoms with Crippen molar-refractivity contribution in [3.63, 3.8) is 0 Å². The molecule has 0 aliphatic rings. The third-order valence-electron chi connectivity index (χ3n) is 2.69. The van der Waals surface area contributed by atoms with Crippen molar-refractivity contribution in [3.05, 3.63) is 30.0 Å². The Labute approximate surface area is 121 Å². The van der Waals surface area contributed by atoms with Gasteiger partial charge in [-0.1, -0.05) is 6.92 Å². The van der Waals surface area contributed by atoms with Gasteiger partial charge in [-0.2, -0.15) is 10.1 Å². The summed E-state index contributed by atoms with van der Waals surface area (Å²) in [6.07, 6.45) is 3.47. The van der Waals surface area contributed by atoms with E-state index in [1.165, 1.54) is 21.8 Å². The minimum atomic E-state index is -0.607. The Bertz CT molecular complexity index is 639. The summed E-state index contributed by atoms with van der Waals surface area (Å²) in [6.45, 7) is 2.69. The number of anilines is 1. The highest BCUT2D eigenvalue weighted by molar-refractivity contribution is 5.91. The summed E-state index contributed by atoms with van der Waals surface area (Å²) in [5, 5.41) is 7.03. The molecular weight excluding hydrogens is 275 g/mol. The normalized spacial score (nSPS) is 10.5. The monoisotopic (exact) mass is 292 g/mol. The lowest BCUT2D eigenvalue weighted by molar-refractivity contribution is 0.0821. The molecule has 8 heteroatoms. The molecule has 1 amide bonds. The van der Waals surface area contributed by atoms with Crippen molar-refractivity contribution in [2.24, 2.45) is 0 Å². The van der Waals surface area contributed by atoms with E-state index >= 15 is 0 Å². The highest BCUT2D eigenvalue weighted by Gasteiger charge is 2.15. The number of rotatable bonds is 5. The van der Waals surface area contributed by atoms with Gasteiger partial charge in [0, 0.05) is 26.8 Å². The Hall–Kier alpha value is -2.51. The number of hydrogen-bond donors (Lipinski definition) is 1. The third kappa shape index (κ3) is 3.33. The van der Waals surface area contributed by atoms with Gasteiger partial charge in [0.2, 0.25) is 5.95 Å². The van der Waals surface area contributed by atoms with Crippen molar-refractivity contribution in [1.82, 2.24) is 24.6 Å². The van der Waals surface area contributed by atoms with Crippen LogP contribution in [0.4, 0.5) is 10.3 Å². The highest BCUT2D eigenvalue weighted by Crippen LogP contribution is 2.12. The summed E-state index contributed by atoms with van der Waals surface area (Å²) in [5.41, 5.74) is 0.223. The average molecular weight is 292 g/mol. The molecule has 0 spiro atoms. The third-order valence-corrected chi connectivity index (χ3v) is 2.69. The fourth-order valence-corrected chi connectivity index (χ4v) is 1.63. The van der Waals surface area contributed by atoms with Crippen molar-refractivity contribution < 1.29 is 9.18 Å². The van der Waals surface area contributed by atoms with Crippen molar-refractivity contribution >= 4 is 11.9 Å². The van der Waals surface area contributed by atoms with Crippen LogP contribution in [0.2, 0.25) is 0 Å². The second-order valence-electron chi connectivity index (χ2n) is 4.64. The molecule has 0 fully saturated rings. The molecule has 0 atom stereocenters. The lowest BCUT2D eigenvalue weighted by Crippen LogP contribution is -2.22. The van der Waals surface area contributed by atoms with Crippen molar-refractivity contribution in [2.75, 3.05) is 26.0 Å². The molecule has 2 aromatic rings. The fraction of sp³-hybridized carbons (Fsp3) is 0.385. The molecule has 2 aromatic heterocycles. The molecular formula is C13H17FN6O. The Balaban J connectivity index is 2.31. The number of halogens is 1. The maximum atomic E-state index is 13.8. The van der Waals surface area contributed by atoms with Crippen molar-refractivity contribution in [3.8, 4) is 5.82 Å². The molecule has 2 rings (SSSR count). The van der Waals surface area contributed by atoms with Crippen LogP contribution in [-0.4, -0.2) is 51.2 Å². The highest BCUT2D eigenvalue weighted by atomic mass is 19.1. The first-order valence-electron chi connectivity index (χ1n) is 6.57. The molecule has 112 valence electrons. The van der Waals surface area contributed by atoms with E-state index in [-0.39, 0.29) is 17.4 Å². The topological polar surface area (TPSA) is 75.9 Å². The minimum Gasteiger partial charge on any atom is -0.354 e. The van der Waals surface area contributed by atoms with Gasteiger partial charge in [-0.3, -0.25) is 4.79 Å². The summed E-state index contributed by atoms with van der Waals surface area (Å²) >= 11 is 0. The van der Waals surface area contributed by atoms with Crippen LogP contribution in [0.15, 0.2) is 18.5 Å².